The standard InChI is InChI=1S/C25H32N2O/c1-4-27(5-2)16-15-26-18-24-23-12-7-6-11-22(23)13-14-25(24)28-19-21-10-8-9-20(3)17-21/h6-14,17,26H,4-5,15-16,18-19H2,1-3H3. The van der Waals surface area contributed by atoms with Crippen LogP contribution in [0, 0.1) is 6.92 Å². The van der Waals surface area contributed by atoms with Gasteiger partial charge in [-0.2, -0.15) is 0 Å². The lowest BCUT2D eigenvalue weighted by molar-refractivity contribution is 0.296. The van der Waals surface area contributed by atoms with E-state index < -0.39 is 0 Å². The first-order chi connectivity index (χ1) is 13.7. The van der Waals surface area contributed by atoms with Crippen LogP contribution in [0.4, 0.5) is 0 Å². The van der Waals surface area contributed by atoms with Gasteiger partial charge in [0, 0.05) is 25.2 Å². The van der Waals surface area contributed by atoms with Crippen molar-refractivity contribution in [2.45, 2.75) is 33.9 Å². The fourth-order valence-electron chi connectivity index (χ4n) is 3.59. The number of aryl methyl sites for hydroxylation is 1. The van der Waals surface area contributed by atoms with Crippen molar-refractivity contribution < 1.29 is 4.74 Å². The predicted octanol–water partition coefficient (Wildman–Crippen LogP) is 5.16. The van der Waals surface area contributed by atoms with Crippen LogP contribution in [-0.4, -0.2) is 31.1 Å². The third-order valence-corrected chi connectivity index (χ3v) is 5.28. The van der Waals surface area contributed by atoms with Gasteiger partial charge in [0.25, 0.3) is 0 Å². The van der Waals surface area contributed by atoms with Gasteiger partial charge in [0.05, 0.1) is 0 Å². The van der Waals surface area contributed by atoms with Gasteiger partial charge in [0.1, 0.15) is 12.4 Å². The van der Waals surface area contributed by atoms with Crippen molar-refractivity contribution in [3.05, 3.63) is 77.4 Å². The second-order valence-corrected chi connectivity index (χ2v) is 7.24. The fourth-order valence-corrected chi connectivity index (χ4v) is 3.59. The molecule has 0 saturated heterocycles. The molecule has 28 heavy (non-hydrogen) atoms. The molecule has 3 nitrogen and oxygen atoms in total. The molecule has 0 saturated carbocycles. The topological polar surface area (TPSA) is 24.5 Å². The molecule has 3 aromatic rings. The highest BCUT2D eigenvalue weighted by Crippen LogP contribution is 2.28. The average Bonchev–Trinajstić information content (AvgIpc) is 2.73. The number of benzene rings is 3. The van der Waals surface area contributed by atoms with Gasteiger partial charge in [0.15, 0.2) is 0 Å². The highest BCUT2D eigenvalue weighted by molar-refractivity contribution is 5.87. The Morgan fingerprint density at radius 2 is 1.75 bits per heavy atom. The first-order valence-electron chi connectivity index (χ1n) is 10.3. The number of rotatable bonds is 10. The van der Waals surface area contributed by atoms with E-state index in [1.165, 1.54) is 27.5 Å². The summed E-state index contributed by atoms with van der Waals surface area (Å²) in [5.41, 5.74) is 3.71. The number of hydrogen-bond donors (Lipinski definition) is 1. The average molecular weight is 377 g/mol. The zero-order valence-electron chi connectivity index (χ0n) is 17.4. The van der Waals surface area contributed by atoms with E-state index in [0.29, 0.717) is 6.61 Å². The molecule has 0 spiro atoms. The summed E-state index contributed by atoms with van der Waals surface area (Å²) in [7, 11) is 0. The summed E-state index contributed by atoms with van der Waals surface area (Å²) in [6, 6.07) is 21.3. The molecule has 0 aliphatic carbocycles. The van der Waals surface area contributed by atoms with Crippen LogP contribution in [0.3, 0.4) is 0 Å². The number of nitrogens with one attached hydrogen (secondary N) is 1. The van der Waals surface area contributed by atoms with E-state index in [0.717, 1.165) is 38.5 Å². The Kier molecular flexibility index (Phi) is 7.46. The van der Waals surface area contributed by atoms with Gasteiger partial charge in [0.2, 0.25) is 0 Å². The molecule has 0 bridgehead atoms. The van der Waals surface area contributed by atoms with Crippen LogP contribution in [0.1, 0.15) is 30.5 Å². The van der Waals surface area contributed by atoms with Crippen LogP contribution >= 0.6 is 0 Å². The van der Waals surface area contributed by atoms with E-state index in [-0.39, 0.29) is 0 Å². The van der Waals surface area contributed by atoms with E-state index in [1.807, 2.05) is 0 Å². The minimum atomic E-state index is 0.590. The lowest BCUT2D eigenvalue weighted by Gasteiger charge is -2.19. The van der Waals surface area contributed by atoms with Gasteiger partial charge in [-0.25, -0.2) is 0 Å². The number of fused-ring (bicyclic) bond motifs is 1. The van der Waals surface area contributed by atoms with E-state index in [1.54, 1.807) is 0 Å². The third-order valence-electron chi connectivity index (χ3n) is 5.28. The molecule has 3 rings (SSSR count). The summed E-state index contributed by atoms with van der Waals surface area (Å²) in [6.07, 6.45) is 0. The molecule has 0 atom stereocenters. The number of hydrogen-bond acceptors (Lipinski definition) is 3. The molecule has 0 aromatic heterocycles. The Bertz CT molecular complexity index is 887. The Morgan fingerprint density at radius 1 is 0.929 bits per heavy atom. The number of likely N-dealkylation sites (N-methyl/N-ethyl adjacent to an activating group) is 1. The molecule has 0 aliphatic heterocycles. The van der Waals surface area contributed by atoms with Crippen molar-refractivity contribution >= 4 is 10.8 Å². The summed E-state index contributed by atoms with van der Waals surface area (Å²) >= 11 is 0. The van der Waals surface area contributed by atoms with E-state index in [9.17, 15) is 0 Å². The van der Waals surface area contributed by atoms with Crippen LogP contribution in [0.5, 0.6) is 5.75 Å². The summed E-state index contributed by atoms with van der Waals surface area (Å²) in [5.74, 6) is 0.968. The van der Waals surface area contributed by atoms with Crippen LogP contribution < -0.4 is 10.1 Å². The summed E-state index contributed by atoms with van der Waals surface area (Å²) in [4.78, 5) is 2.44. The zero-order valence-corrected chi connectivity index (χ0v) is 17.4. The van der Waals surface area contributed by atoms with Gasteiger partial charge in [-0.1, -0.05) is 74.0 Å². The predicted molar refractivity (Wildman–Crippen MR) is 119 cm³/mol. The van der Waals surface area contributed by atoms with E-state index in [2.05, 4.69) is 91.7 Å². The molecule has 1 N–H and O–H groups in total. The first kappa shape index (κ1) is 20.4. The third kappa shape index (κ3) is 5.34. The van der Waals surface area contributed by atoms with Crippen LogP contribution in [-0.2, 0) is 13.2 Å². The Labute approximate surface area is 169 Å². The highest BCUT2D eigenvalue weighted by atomic mass is 16.5. The Balaban J connectivity index is 1.74. The molecule has 3 heteroatoms. The van der Waals surface area contributed by atoms with Crippen LogP contribution in [0.25, 0.3) is 10.8 Å². The fraction of sp³-hybridized carbons (Fsp3) is 0.360. The lowest BCUT2D eigenvalue weighted by atomic mass is 10.0. The minimum Gasteiger partial charge on any atom is -0.489 e. The second kappa shape index (κ2) is 10.3. The SMILES string of the molecule is CCN(CC)CCNCc1c(OCc2cccc(C)c2)ccc2ccccc12. The second-order valence-electron chi connectivity index (χ2n) is 7.24. The summed E-state index contributed by atoms with van der Waals surface area (Å²) < 4.78 is 6.26. The smallest absolute Gasteiger partial charge is 0.124 e. The Hall–Kier alpha value is -2.36. The van der Waals surface area contributed by atoms with E-state index in [4.69, 9.17) is 4.74 Å². The molecule has 0 radical (unpaired) electrons. The molecule has 0 fully saturated rings. The normalized spacial score (nSPS) is 11.3. The van der Waals surface area contributed by atoms with Crippen LogP contribution in [0.15, 0.2) is 60.7 Å². The Morgan fingerprint density at radius 3 is 2.54 bits per heavy atom. The van der Waals surface area contributed by atoms with Gasteiger partial charge >= 0.3 is 0 Å². The van der Waals surface area contributed by atoms with Crippen molar-refractivity contribution in [3.8, 4) is 5.75 Å². The lowest BCUT2D eigenvalue weighted by Crippen LogP contribution is -2.31. The van der Waals surface area contributed by atoms with Crippen molar-refractivity contribution in [2.24, 2.45) is 0 Å². The maximum atomic E-state index is 6.26. The van der Waals surface area contributed by atoms with Crippen molar-refractivity contribution in [1.82, 2.24) is 10.2 Å². The maximum absolute atomic E-state index is 6.26. The molecule has 0 amide bonds. The zero-order chi connectivity index (χ0) is 19.8. The summed E-state index contributed by atoms with van der Waals surface area (Å²) in [6.45, 7) is 12.2. The number of nitrogens with zero attached hydrogens (tertiary/aromatic N) is 1. The molecule has 148 valence electrons. The minimum absolute atomic E-state index is 0.590. The molecule has 0 unspecified atom stereocenters. The van der Waals surface area contributed by atoms with Gasteiger partial charge in [-0.05, 0) is 42.4 Å². The monoisotopic (exact) mass is 376 g/mol. The summed E-state index contributed by atoms with van der Waals surface area (Å²) in [5, 5.41) is 6.14. The van der Waals surface area contributed by atoms with Crippen molar-refractivity contribution in [1.29, 1.82) is 0 Å². The van der Waals surface area contributed by atoms with Gasteiger partial charge in [-0.3, -0.25) is 0 Å². The van der Waals surface area contributed by atoms with Crippen molar-refractivity contribution in [3.63, 3.8) is 0 Å². The quantitative estimate of drug-likeness (QED) is 0.495. The maximum Gasteiger partial charge on any atom is 0.124 e. The van der Waals surface area contributed by atoms with Gasteiger partial charge in [-0.15, -0.1) is 0 Å². The first-order valence-corrected chi connectivity index (χ1v) is 10.3. The number of ether oxygens (including phenoxy) is 1. The highest BCUT2D eigenvalue weighted by Gasteiger charge is 2.09. The van der Waals surface area contributed by atoms with Crippen LogP contribution in [0.2, 0.25) is 0 Å². The largest absolute Gasteiger partial charge is 0.489 e. The molecular formula is C25H32N2O. The molecule has 3 aromatic carbocycles. The van der Waals surface area contributed by atoms with E-state index >= 15 is 0 Å². The molecular weight excluding hydrogens is 344 g/mol. The molecule has 0 aliphatic rings. The van der Waals surface area contributed by atoms with Crippen molar-refractivity contribution in [2.75, 3.05) is 26.2 Å². The molecule has 0 heterocycles. The van der Waals surface area contributed by atoms with Gasteiger partial charge < -0.3 is 15.0 Å².